The highest BCUT2D eigenvalue weighted by Crippen LogP contribution is 2.57. The first-order valence-electron chi connectivity index (χ1n) is 21.3. The number of unbranched alkanes of at least 4 members (excludes halogenated alkanes) is 3. The first-order valence-corrected chi connectivity index (χ1v) is 21.3. The van der Waals surface area contributed by atoms with E-state index < -0.39 is 48.0 Å². The minimum Gasteiger partial charge on any atom is -0.493 e. The quantitative estimate of drug-likeness (QED) is 0.0505. The number of hydrogen-bond donors (Lipinski definition) is 0. The van der Waals surface area contributed by atoms with Gasteiger partial charge in [0.05, 0.1) is 41.0 Å². The topological polar surface area (TPSA) is 89.5 Å². The molecule has 1 aliphatic carbocycles. The van der Waals surface area contributed by atoms with Crippen LogP contribution >= 0.6 is 0 Å². The summed E-state index contributed by atoms with van der Waals surface area (Å²) in [5.41, 5.74) is 5.95. The molecular formula is C49H60B2O8. The monoisotopic (exact) mass is 798 g/mol. The highest BCUT2D eigenvalue weighted by atomic mass is 16.7. The Hall–Kier alpha value is -4.21. The number of carbonyl (C=O) groups excluding carboxylic acids is 2. The van der Waals surface area contributed by atoms with Crippen molar-refractivity contribution in [2.24, 2.45) is 0 Å². The Morgan fingerprint density at radius 3 is 1.58 bits per heavy atom. The number of ketones is 1. The molecule has 0 amide bonds. The van der Waals surface area contributed by atoms with Gasteiger partial charge in [-0.15, -0.1) is 0 Å². The summed E-state index contributed by atoms with van der Waals surface area (Å²) in [4.78, 5) is 27.3. The summed E-state index contributed by atoms with van der Waals surface area (Å²) in [5, 5.41) is 0. The van der Waals surface area contributed by atoms with Crippen molar-refractivity contribution >= 4 is 36.9 Å². The van der Waals surface area contributed by atoms with Gasteiger partial charge in [0.2, 0.25) is 0 Å². The molecule has 10 heteroatoms. The largest absolute Gasteiger partial charge is 0.494 e. The first kappa shape index (κ1) is 42.9. The number of rotatable bonds is 13. The Kier molecular flexibility index (Phi) is 11.4. The summed E-state index contributed by atoms with van der Waals surface area (Å²) >= 11 is 0. The molecule has 4 aromatic carbocycles. The first-order chi connectivity index (χ1) is 27.8. The van der Waals surface area contributed by atoms with Gasteiger partial charge < -0.3 is 28.1 Å². The van der Waals surface area contributed by atoms with E-state index in [-0.39, 0.29) is 12.4 Å². The third-order valence-corrected chi connectivity index (χ3v) is 13.4. The van der Waals surface area contributed by atoms with Crippen LogP contribution in [0.25, 0.3) is 11.1 Å². The fraction of sp³-hybridized carbons (Fsp3) is 0.469. The fourth-order valence-corrected chi connectivity index (χ4v) is 8.60. The van der Waals surface area contributed by atoms with Crippen molar-refractivity contribution in [1.29, 1.82) is 0 Å². The maximum absolute atomic E-state index is 14.0. The number of Topliss-reactive ketones (excluding diaryl/α,β-unsaturated/α-hetero) is 1. The minimum atomic E-state index is -1.05. The lowest BCUT2D eigenvalue weighted by molar-refractivity contribution is 0.00578. The maximum Gasteiger partial charge on any atom is 0.494 e. The third kappa shape index (κ3) is 7.38. The molecule has 0 aromatic heterocycles. The van der Waals surface area contributed by atoms with Gasteiger partial charge in [-0.3, -0.25) is 4.79 Å². The number of aryl methyl sites for hydroxylation is 1. The summed E-state index contributed by atoms with van der Waals surface area (Å²) in [5.74, 6) is -0.0201. The number of carbonyl (C=O) groups is 2. The van der Waals surface area contributed by atoms with E-state index in [0.717, 1.165) is 75.6 Å². The zero-order valence-corrected chi connectivity index (χ0v) is 37.1. The van der Waals surface area contributed by atoms with E-state index in [1.165, 1.54) is 0 Å². The molecule has 8 nitrogen and oxygen atoms in total. The van der Waals surface area contributed by atoms with Gasteiger partial charge in [0.25, 0.3) is 0 Å². The Morgan fingerprint density at radius 2 is 1.10 bits per heavy atom. The molecule has 0 radical (unpaired) electrons. The van der Waals surface area contributed by atoms with Crippen LogP contribution in [0.2, 0.25) is 0 Å². The number of hydrogen-bond acceptors (Lipinski definition) is 8. The lowest BCUT2D eigenvalue weighted by Crippen LogP contribution is -2.41. The molecule has 0 atom stereocenters. The van der Waals surface area contributed by atoms with Crippen LogP contribution in [-0.2, 0) is 28.8 Å². The molecule has 2 fully saturated rings. The number of benzene rings is 4. The Balaban J connectivity index is 1.53. The van der Waals surface area contributed by atoms with Crippen molar-refractivity contribution in [2.75, 3.05) is 13.2 Å². The fourth-order valence-electron chi connectivity index (χ4n) is 8.60. The van der Waals surface area contributed by atoms with E-state index >= 15 is 0 Å². The highest BCUT2D eigenvalue weighted by Gasteiger charge is 2.55. The zero-order chi connectivity index (χ0) is 42.7. The molecule has 0 spiro atoms. The van der Waals surface area contributed by atoms with Crippen molar-refractivity contribution in [3.8, 4) is 16.9 Å². The van der Waals surface area contributed by atoms with Gasteiger partial charge in [0.1, 0.15) is 11.3 Å². The molecule has 2 heterocycles. The SMILES string of the molecule is CCCCCCOc1ccc(C2(c3ccc(C)c(C(C)=O)c3)c3cc(B4OC(C)(C)C(C)(C)O4)ccc3-c3ccc(B4OC(C)(C)C(C)(C)O4)cc32)cc1C(=O)OCC. The van der Waals surface area contributed by atoms with Crippen molar-refractivity contribution in [1.82, 2.24) is 0 Å². The molecule has 2 aliphatic heterocycles. The molecule has 4 aromatic rings. The molecular weight excluding hydrogens is 738 g/mol. The normalized spacial score (nSPS) is 19.1. The Bertz CT molecular complexity index is 2160. The van der Waals surface area contributed by atoms with Gasteiger partial charge in [-0.25, -0.2) is 4.79 Å². The van der Waals surface area contributed by atoms with Crippen molar-refractivity contribution in [3.63, 3.8) is 0 Å². The molecule has 2 saturated heterocycles. The van der Waals surface area contributed by atoms with Crippen molar-refractivity contribution in [2.45, 2.75) is 137 Å². The highest BCUT2D eigenvalue weighted by molar-refractivity contribution is 6.62. The summed E-state index contributed by atoms with van der Waals surface area (Å²) in [6, 6.07) is 24.8. The molecule has 0 unspecified atom stereocenters. The lowest BCUT2D eigenvalue weighted by atomic mass is 9.64. The second-order valence-corrected chi connectivity index (χ2v) is 18.5. The number of ether oxygens (including phenoxy) is 2. The molecule has 3 aliphatic rings. The molecule has 59 heavy (non-hydrogen) atoms. The van der Waals surface area contributed by atoms with Gasteiger partial charge in [-0.2, -0.15) is 0 Å². The van der Waals surface area contributed by atoms with Crippen LogP contribution in [0.15, 0.2) is 72.8 Å². The van der Waals surface area contributed by atoms with Crippen LogP contribution in [0.5, 0.6) is 5.75 Å². The van der Waals surface area contributed by atoms with Gasteiger partial charge in [-0.05, 0) is 151 Å². The summed E-state index contributed by atoms with van der Waals surface area (Å²) in [6.07, 6.45) is 4.16. The predicted octanol–water partition coefficient (Wildman–Crippen LogP) is 9.29. The molecule has 0 N–H and O–H groups in total. The standard InChI is InChI=1S/C49H60B2O8/c1-13-15-16-17-26-55-43-25-20-34(28-40(43)44(53)54-14-2)49(33-19-18-31(3)39(27-33)32(4)52)41-29-35(50-56-45(5,6)46(7,8)57-50)21-23-37(41)38-24-22-36(30-42(38)49)51-58-47(9,10)48(11,12)59-51/h18-25,27-30H,13-17,26H2,1-12H3. The van der Waals surface area contributed by atoms with Gasteiger partial charge in [0.15, 0.2) is 5.78 Å². The second-order valence-electron chi connectivity index (χ2n) is 18.5. The number of esters is 1. The van der Waals surface area contributed by atoms with Crippen LogP contribution in [0.1, 0.15) is 150 Å². The summed E-state index contributed by atoms with van der Waals surface area (Å²) in [7, 11) is -1.26. The summed E-state index contributed by atoms with van der Waals surface area (Å²) < 4.78 is 38.6. The van der Waals surface area contributed by atoms with Crippen LogP contribution in [0.4, 0.5) is 0 Å². The van der Waals surface area contributed by atoms with Crippen molar-refractivity contribution in [3.05, 3.63) is 112 Å². The second kappa shape index (κ2) is 15.7. The maximum atomic E-state index is 14.0. The third-order valence-electron chi connectivity index (χ3n) is 13.4. The average Bonchev–Trinajstić information content (AvgIpc) is 3.68. The van der Waals surface area contributed by atoms with E-state index in [9.17, 15) is 9.59 Å². The van der Waals surface area contributed by atoms with Crippen LogP contribution < -0.4 is 15.7 Å². The molecule has 0 bridgehead atoms. The lowest BCUT2D eigenvalue weighted by Gasteiger charge is -2.35. The zero-order valence-electron chi connectivity index (χ0n) is 37.1. The molecule has 310 valence electrons. The Morgan fingerprint density at radius 1 is 0.610 bits per heavy atom. The minimum absolute atomic E-state index is 0.0334. The number of fused-ring (bicyclic) bond motifs is 3. The van der Waals surface area contributed by atoms with Crippen LogP contribution in [0.3, 0.4) is 0 Å². The van der Waals surface area contributed by atoms with Crippen molar-refractivity contribution < 1.29 is 37.7 Å². The Labute approximate surface area is 351 Å². The van der Waals surface area contributed by atoms with E-state index in [4.69, 9.17) is 28.1 Å². The van der Waals surface area contributed by atoms with E-state index in [2.05, 4.69) is 111 Å². The van der Waals surface area contributed by atoms with Crippen LogP contribution in [0, 0.1) is 6.92 Å². The molecule has 0 saturated carbocycles. The molecule has 7 rings (SSSR count). The van der Waals surface area contributed by atoms with Gasteiger partial charge >= 0.3 is 20.2 Å². The van der Waals surface area contributed by atoms with E-state index in [0.29, 0.717) is 23.5 Å². The summed E-state index contributed by atoms with van der Waals surface area (Å²) in [6.45, 7) is 24.7. The average molecular weight is 799 g/mol. The van der Waals surface area contributed by atoms with E-state index in [1.54, 1.807) is 6.92 Å². The van der Waals surface area contributed by atoms with Gasteiger partial charge in [-0.1, -0.05) is 80.8 Å². The predicted molar refractivity (Wildman–Crippen MR) is 236 cm³/mol. The van der Waals surface area contributed by atoms with Crippen LogP contribution in [-0.4, -0.2) is 61.6 Å². The smallest absolute Gasteiger partial charge is 0.493 e. The van der Waals surface area contributed by atoms with Gasteiger partial charge in [0, 0.05) is 5.56 Å². The van der Waals surface area contributed by atoms with E-state index in [1.807, 2.05) is 38.1 Å².